The number of carbonyl (C=O) groups is 1. The highest BCUT2D eigenvalue weighted by atomic mass is 16.3. The van der Waals surface area contributed by atoms with Gasteiger partial charge in [0.25, 0.3) is 0 Å². The molecule has 4 heteroatoms. The lowest BCUT2D eigenvalue weighted by Crippen LogP contribution is -2.22. The molecule has 2 heterocycles. The molecule has 0 saturated heterocycles. The number of aromatic amines is 1. The van der Waals surface area contributed by atoms with E-state index in [9.17, 15) is 4.79 Å². The highest BCUT2D eigenvalue weighted by Crippen LogP contribution is 2.16. The monoisotopic (exact) mass is 282 g/mol. The average molecular weight is 282 g/mol. The van der Waals surface area contributed by atoms with Crippen molar-refractivity contribution in [2.75, 3.05) is 0 Å². The minimum absolute atomic E-state index is 0.0387. The Labute approximate surface area is 123 Å². The van der Waals surface area contributed by atoms with Gasteiger partial charge in [0.2, 0.25) is 5.91 Å². The number of amides is 1. The third kappa shape index (κ3) is 3.34. The van der Waals surface area contributed by atoms with E-state index >= 15 is 0 Å². The molecule has 0 spiro atoms. The van der Waals surface area contributed by atoms with E-state index in [1.54, 1.807) is 6.26 Å². The number of carbonyl (C=O) groups excluding carboxylic acids is 1. The minimum Gasteiger partial charge on any atom is -0.469 e. The third-order valence-corrected chi connectivity index (χ3v) is 3.49. The standard InChI is InChI=1S/C17H18N2O2/c1-12-9-14-10-13(4-6-16(14)19-12)11-18-17(20)7-5-15-3-2-8-21-15/h2-4,6,8-10,19H,5,7,11H2,1H3,(H,18,20). The molecule has 0 saturated carbocycles. The van der Waals surface area contributed by atoms with E-state index in [4.69, 9.17) is 4.42 Å². The summed E-state index contributed by atoms with van der Waals surface area (Å²) < 4.78 is 5.21. The van der Waals surface area contributed by atoms with Crippen LogP contribution in [0.25, 0.3) is 10.9 Å². The molecule has 0 radical (unpaired) electrons. The number of fused-ring (bicyclic) bond motifs is 1. The lowest BCUT2D eigenvalue weighted by molar-refractivity contribution is -0.121. The molecule has 0 atom stereocenters. The molecule has 0 aliphatic rings. The van der Waals surface area contributed by atoms with Crippen molar-refractivity contribution in [2.24, 2.45) is 0 Å². The summed E-state index contributed by atoms with van der Waals surface area (Å²) in [4.78, 5) is 15.1. The van der Waals surface area contributed by atoms with E-state index in [0.29, 0.717) is 19.4 Å². The summed E-state index contributed by atoms with van der Waals surface area (Å²) in [5.41, 5.74) is 3.37. The number of aryl methyl sites for hydroxylation is 2. The van der Waals surface area contributed by atoms with Gasteiger partial charge in [-0.15, -0.1) is 0 Å². The van der Waals surface area contributed by atoms with Crippen molar-refractivity contribution < 1.29 is 9.21 Å². The van der Waals surface area contributed by atoms with Crippen LogP contribution in [0.3, 0.4) is 0 Å². The average Bonchev–Trinajstić information content (AvgIpc) is 3.10. The molecule has 0 fully saturated rings. The molecular formula is C17H18N2O2. The van der Waals surface area contributed by atoms with Crippen molar-refractivity contribution in [3.63, 3.8) is 0 Å². The summed E-state index contributed by atoms with van der Waals surface area (Å²) in [6.07, 6.45) is 2.70. The number of rotatable bonds is 5. The van der Waals surface area contributed by atoms with Gasteiger partial charge in [0.15, 0.2) is 0 Å². The Morgan fingerprint density at radius 3 is 3.00 bits per heavy atom. The van der Waals surface area contributed by atoms with Crippen molar-refractivity contribution in [2.45, 2.75) is 26.3 Å². The molecule has 3 rings (SSSR count). The van der Waals surface area contributed by atoms with E-state index in [1.807, 2.05) is 31.2 Å². The molecule has 108 valence electrons. The maximum atomic E-state index is 11.8. The van der Waals surface area contributed by atoms with Crippen LogP contribution in [-0.2, 0) is 17.8 Å². The van der Waals surface area contributed by atoms with Crippen LogP contribution in [-0.4, -0.2) is 10.9 Å². The van der Waals surface area contributed by atoms with Gasteiger partial charge < -0.3 is 14.7 Å². The first kappa shape index (κ1) is 13.5. The second-order valence-electron chi connectivity index (χ2n) is 5.23. The lowest BCUT2D eigenvalue weighted by atomic mass is 10.1. The zero-order valence-electron chi connectivity index (χ0n) is 12.0. The molecular weight excluding hydrogens is 264 g/mol. The van der Waals surface area contributed by atoms with Crippen LogP contribution in [0.5, 0.6) is 0 Å². The molecule has 4 nitrogen and oxygen atoms in total. The van der Waals surface area contributed by atoms with Gasteiger partial charge in [-0.05, 0) is 48.2 Å². The van der Waals surface area contributed by atoms with Crippen LogP contribution in [0.1, 0.15) is 23.4 Å². The summed E-state index contributed by atoms with van der Waals surface area (Å²) in [6.45, 7) is 2.59. The van der Waals surface area contributed by atoms with Gasteiger partial charge in [-0.1, -0.05) is 6.07 Å². The Morgan fingerprint density at radius 2 is 2.19 bits per heavy atom. The lowest BCUT2D eigenvalue weighted by Gasteiger charge is -2.05. The molecule has 3 aromatic rings. The van der Waals surface area contributed by atoms with E-state index < -0.39 is 0 Å². The van der Waals surface area contributed by atoms with E-state index in [2.05, 4.69) is 22.4 Å². The summed E-state index contributed by atoms with van der Waals surface area (Å²) in [5.74, 6) is 0.881. The van der Waals surface area contributed by atoms with Crippen LogP contribution in [0.15, 0.2) is 47.1 Å². The first-order valence-electron chi connectivity index (χ1n) is 7.08. The second-order valence-corrected chi connectivity index (χ2v) is 5.23. The predicted molar refractivity (Wildman–Crippen MR) is 81.9 cm³/mol. The fourth-order valence-corrected chi connectivity index (χ4v) is 2.42. The number of furan rings is 1. The first-order valence-corrected chi connectivity index (χ1v) is 7.08. The number of hydrogen-bond donors (Lipinski definition) is 2. The van der Waals surface area contributed by atoms with Crippen molar-refractivity contribution in [1.29, 1.82) is 0 Å². The molecule has 0 unspecified atom stereocenters. The third-order valence-electron chi connectivity index (χ3n) is 3.49. The molecule has 0 aliphatic heterocycles. The molecule has 1 aromatic carbocycles. The Bertz CT molecular complexity index is 741. The number of benzene rings is 1. The van der Waals surface area contributed by atoms with Crippen LogP contribution in [0.2, 0.25) is 0 Å². The minimum atomic E-state index is 0.0387. The number of aromatic nitrogens is 1. The van der Waals surface area contributed by atoms with Crippen molar-refractivity contribution >= 4 is 16.8 Å². The van der Waals surface area contributed by atoms with Crippen LogP contribution in [0, 0.1) is 6.92 Å². The molecule has 21 heavy (non-hydrogen) atoms. The second kappa shape index (κ2) is 5.87. The highest BCUT2D eigenvalue weighted by Gasteiger charge is 2.05. The molecule has 0 bridgehead atoms. The van der Waals surface area contributed by atoms with Crippen LogP contribution >= 0.6 is 0 Å². The van der Waals surface area contributed by atoms with E-state index in [-0.39, 0.29) is 5.91 Å². The topological polar surface area (TPSA) is 58.0 Å². The first-order chi connectivity index (χ1) is 10.2. The zero-order valence-corrected chi connectivity index (χ0v) is 12.0. The van der Waals surface area contributed by atoms with Gasteiger partial charge in [-0.25, -0.2) is 0 Å². The summed E-state index contributed by atoms with van der Waals surface area (Å²) in [6, 6.07) is 12.0. The molecule has 2 N–H and O–H groups in total. The smallest absolute Gasteiger partial charge is 0.220 e. The van der Waals surface area contributed by atoms with Gasteiger partial charge in [0.05, 0.1) is 6.26 Å². The predicted octanol–water partition coefficient (Wildman–Crippen LogP) is 3.32. The summed E-state index contributed by atoms with van der Waals surface area (Å²) in [5, 5.41) is 4.12. The van der Waals surface area contributed by atoms with Gasteiger partial charge in [0, 0.05) is 30.6 Å². The normalized spacial score (nSPS) is 10.9. The summed E-state index contributed by atoms with van der Waals surface area (Å²) in [7, 11) is 0. The van der Waals surface area contributed by atoms with Crippen molar-refractivity contribution in [3.8, 4) is 0 Å². The molecule has 0 aliphatic carbocycles. The van der Waals surface area contributed by atoms with Crippen LogP contribution in [0.4, 0.5) is 0 Å². The fraction of sp³-hybridized carbons (Fsp3) is 0.235. The van der Waals surface area contributed by atoms with Gasteiger partial charge >= 0.3 is 0 Å². The van der Waals surface area contributed by atoms with Gasteiger partial charge in [-0.2, -0.15) is 0 Å². The number of H-pyrrole nitrogens is 1. The SMILES string of the molecule is Cc1cc2cc(CNC(=O)CCc3ccco3)ccc2[nH]1. The maximum Gasteiger partial charge on any atom is 0.220 e. The Balaban J connectivity index is 1.54. The number of nitrogens with one attached hydrogen (secondary N) is 2. The Morgan fingerprint density at radius 1 is 1.29 bits per heavy atom. The quantitative estimate of drug-likeness (QED) is 0.754. The van der Waals surface area contributed by atoms with Crippen molar-refractivity contribution in [3.05, 3.63) is 59.7 Å². The van der Waals surface area contributed by atoms with Gasteiger partial charge in [-0.3, -0.25) is 4.79 Å². The van der Waals surface area contributed by atoms with E-state index in [0.717, 1.165) is 22.5 Å². The Hall–Kier alpha value is -2.49. The molecule has 2 aromatic heterocycles. The maximum absolute atomic E-state index is 11.8. The Kier molecular flexibility index (Phi) is 3.77. The van der Waals surface area contributed by atoms with Crippen molar-refractivity contribution in [1.82, 2.24) is 10.3 Å². The van der Waals surface area contributed by atoms with Crippen LogP contribution < -0.4 is 5.32 Å². The number of hydrogen-bond acceptors (Lipinski definition) is 2. The summed E-state index contributed by atoms with van der Waals surface area (Å²) >= 11 is 0. The largest absolute Gasteiger partial charge is 0.469 e. The highest BCUT2D eigenvalue weighted by molar-refractivity contribution is 5.81. The van der Waals surface area contributed by atoms with E-state index in [1.165, 1.54) is 5.39 Å². The van der Waals surface area contributed by atoms with Gasteiger partial charge in [0.1, 0.15) is 5.76 Å². The zero-order chi connectivity index (χ0) is 14.7. The fourth-order valence-electron chi connectivity index (χ4n) is 2.42. The molecule has 1 amide bonds.